The maximum absolute atomic E-state index is 12.2. The molecule has 25 heavy (non-hydrogen) atoms. The molecule has 0 unspecified atom stereocenters. The summed E-state index contributed by atoms with van der Waals surface area (Å²) in [5, 5.41) is 12.2. The van der Waals surface area contributed by atoms with Crippen molar-refractivity contribution in [1.29, 1.82) is 0 Å². The van der Waals surface area contributed by atoms with E-state index in [0.717, 1.165) is 31.2 Å². The summed E-state index contributed by atoms with van der Waals surface area (Å²) in [7, 11) is -4.43. The van der Waals surface area contributed by atoms with Crippen molar-refractivity contribution in [3.8, 4) is 17.2 Å². The zero-order valence-corrected chi connectivity index (χ0v) is 17.4. The molecule has 0 aliphatic carbocycles. The second-order valence-electron chi connectivity index (χ2n) is 5.58. The molecule has 0 aromatic heterocycles. The molecule has 0 saturated heterocycles. The topological polar surface area (TPSA) is 86.7 Å². The van der Waals surface area contributed by atoms with E-state index < -0.39 is 10.1 Å². The Hall–Kier alpha value is -1.05. The molecule has 0 amide bonds. The molecule has 0 spiro atoms. The second kappa shape index (κ2) is 10.2. The third-order valence-corrected chi connectivity index (χ3v) is 4.59. The standard InChI is InChI=1S/C18H22O5S.Na/c1-2-3-4-5-9-14-10-8-11-15(19)18(14)23-16-12-6-7-13-17(16)24(20,21)22;/h6-8,10-13,19H,2-5,9H2,1H3,(H,20,21,22);/q;+1/p-1. The molecular formula is C18H21NaO5S. The Morgan fingerprint density at radius 1 is 1.04 bits per heavy atom. The summed E-state index contributed by atoms with van der Waals surface area (Å²) in [6.07, 6.45) is 4.90. The van der Waals surface area contributed by atoms with Gasteiger partial charge in [0.25, 0.3) is 10.1 Å². The van der Waals surface area contributed by atoms with Gasteiger partial charge in [-0.1, -0.05) is 62.3 Å². The first kappa shape index (κ1) is 22.0. The van der Waals surface area contributed by atoms with Crippen LogP contribution in [0.3, 0.4) is 0 Å². The van der Waals surface area contributed by atoms with E-state index in [9.17, 15) is 18.1 Å². The molecule has 5 nitrogen and oxygen atoms in total. The number of unbranched alkanes of at least 4 members (excludes halogenated alkanes) is 3. The van der Waals surface area contributed by atoms with E-state index in [1.807, 2.05) is 0 Å². The maximum Gasteiger partial charge on any atom is 1.00 e. The van der Waals surface area contributed by atoms with Crippen molar-refractivity contribution in [2.24, 2.45) is 0 Å². The van der Waals surface area contributed by atoms with Gasteiger partial charge in [-0.05, 0) is 30.5 Å². The van der Waals surface area contributed by atoms with Gasteiger partial charge in [-0.15, -0.1) is 0 Å². The molecule has 0 atom stereocenters. The molecular weight excluding hydrogens is 351 g/mol. The normalized spacial score (nSPS) is 11.0. The monoisotopic (exact) mass is 372 g/mol. The van der Waals surface area contributed by atoms with E-state index >= 15 is 0 Å². The summed E-state index contributed by atoms with van der Waals surface area (Å²) in [4.78, 5) is -0.356. The first-order valence-corrected chi connectivity index (χ1v) is 9.40. The van der Waals surface area contributed by atoms with Gasteiger partial charge in [-0.3, -0.25) is 4.55 Å². The number of ether oxygens (including phenoxy) is 1. The fourth-order valence-electron chi connectivity index (χ4n) is 2.47. The molecule has 2 aromatic carbocycles. The molecule has 0 radical (unpaired) electrons. The first-order valence-electron chi connectivity index (χ1n) is 7.96. The number of hydrogen-bond acceptors (Lipinski definition) is 4. The molecule has 0 heterocycles. The Morgan fingerprint density at radius 2 is 1.76 bits per heavy atom. The van der Waals surface area contributed by atoms with Crippen LogP contribution < -0.4 is 39.4 Å². The van der Waals surface area contributed by atoms with Crippen LogP contribution in [0, 0.1) is 0 Å². The Balaban J connectivity index is 0.00000312. The third-order valence-electron chi connectivity index (χ3n) is 3.70. The van der Waals surface area contributed by atoms with Crippen LogP contribution in [0.1, 0.15) is 38.2 Å². The average molecular weight is 372 g/mol. The van der Waals surface area contributed by atoms with Gasteiger partial charge in [0.15, 0.2) is 0 Å². The van der Waals surface area contributed by atoms with Crippen molar-refractivity contribution in [2.75, 3.05) is 0 Å². The number of aryl methyl sites for hydroxylation is 1. The molecule has 2 rings (SSSR count). The fraction of sp³-hybridized carbons (Fsp3) is 0.333. The SMILES string of the molecule is CCCCCCc1cccc([O-])c1Oc1ccccc1S(=O)(=O)O.[Na+]. The van der Waals surface area contributed by atoms with E-state index in [0.29, 0.717) is 6.42 Å². The molecule has 130 valence electrons. The van der Waals surface area contributed by atoms with Crippen LogP contribution >= 0.6 is 0 Å². The van der Waals surface area contributed by atoms with Gasteiger partial charge in [-0.2, -0.15) is 8.42 Å². The minimum Gasteiger partial charge on any atom is -0.870 e. The predicted octanol–water partition coefficient (Wildman–Crippen LogP) is 0.926. The quantitative estimate of drug-likeness (QED) is 0.423. The van der Waals surface area contributed by atoms with Crippen LogP contribution in [0.5, 0.6) is 17.2 Å². The molecule has 0 aliphatic rings. The molecule has 0 bridgehead atoms. The molecule has 2 aromatic rings. The van der Waals surface area contributed by atoms with Crippen molar-refractivity contribution in [3.05, 3.63) is 48.0 Å². The van der Waals surface area contributed by atoms with Crippen LogP contribution in [0.15, 0.2) is 47.4 Å². The Labute approximate surface area is 171 Å². The zero-order chi connectivity index (χ0) is 17.6. The second-order valence-corrected chi connectivity index (χ2v) is 6.97. The number of hydrogen-bond donors (Lipinski definition) is 1. The van der Waals surface area contributed by atoms with Gasteiger partial charge in [0.1, 0.15) is 16.4 Å². The fourth-order valence-corrected chi connectivity index (χ4v) is 3.09. The van der Waals surface area contributed by atoms with Crippen molar-refractivity contribution < 1.29 is 52.4 Å². The summed E-state index contributed by atoms with van der Waals surface area (Å²) in [6, 6.07) is 10.6. The molecule has 1 N–H and O–H groups in total. The Morgan fingerprint density at radius 3 is 2.44 bits per heavy atom. The minimum atomic E-state index is -4.43. The van der Waals surface area contributed by atoms with Gasteiger partial charge in [0, 0.05) is 0 Å². The molecule has 0 saturated carbocycles. The van der Waals surface area contributed by atoms with E-state index in [1.165, 1.54) is 24.3 Å². The molecule has 7 heteroatoms. The molecule has 0 fully saturated rings. The predicted molar refractivity (Wildman–Crippen MR) is 90.1 cm³/mol. The van der Waals surface area contributed by atoms with E-state index in [2.05, 4.69) is 6.92 Å². The van der Waals surface area contributed by atoms with Crippen molar-refractivity contribution in [2.45, 2.75) is 43.9 Å². The first-order chi connectivity index (χ1) is 11.4. The van der Waals surface area contributed by atoms with Crippen molar-refractivity contribution in [3.63, 3.8) is 0 Å². The summed E-state index contributed by atoms with van der Waals surface area (Å²) in [5.41, 5.74) is 0.740. The van der Waals surface area contributed by atoms with Crippen LogP contribution in [-0.4, -0.2) is 13.0 Å². The maximum atomic E-state index is 12.2. The Kier molecular flexibility index (Phi) is 8.96. The van der Waals surface area contributed by atoms with E-state index in [4.69, 9.17) is 4.74 Å². The van der Waals surface area contributed by atoms with Crippen LogP contribution in [0.2, 0.25) is 0 Å². The number of rotatable bonds is 8. The van der Waals surface area contributed by atoms with Gasteiger partial charge >= 0.3 is 29.6 Å². The number of benzene rings is 2. The number of para-hydroxylation sites is 2. The summed E-state index contributed by atoms with van der Waals surface area (Å²) < 4.78 is 37.8. The third kappa shape index (κ3) is 6.31. The van der Waals surface area contributed by atoms with E-state index in [1.54, 1.807) is 18.2 Å². The average Bonchev–Trinajstić information content (AvgIpc) is 2.54. The zero-order valence-electron chi connectivity index (χ0n) is 14.6. The van der Waals surface area contributed by atoms with Crippen molar-refractivity contribution >= 4 is 10.1 Å². The largest absolute Gasteiger partial charge is 1.00 e. The van der Waals surface area contributed by atoms with Gasteiger partial charge < -0.3 is 9.84 Å². The summed E-state index contributed by atoms with van der Waals surface area (Å²) in [5.74, 6) is -0.253. The Bertz CT molecular complexity index is 790. The van der Waals surface area contributed by atoms with Gasteiger partial charge in [-0.25, -0.2) is 0 Å². The smallest absolute Gasteiger partial charge is 0.870 e. The summed E-state index contributed by atoms with van der Waals surface area (Å²) >= 11 is 0. The molecule has 0 aliphatic heterocycles. The van der Waals surface area contributed by atoms with Gasteiger partial charge in [0.2, 0.25) is 0 Å². The minimum absolute atomic E-state index is 0. The van der Waals surface area contributed by atoms with Gasteiger partial charge in [0.05, 0.1) is 0 Å². The summed E-state index contributed by atoms with van der Waals surface area (Å²) in [6.45, 7) is 2.12. The van der Waals surface area contributed by atoms with Crippen molar-refractivity contribution in [1.82, 2.24) is 0 Å². The van der Waals surface area contributed by atoms with E-state index in [-0.39, 0.29) is 51.7 Å². The van der Waals surface area contributed by atoms with Crippen LogP contribution in [-0.2, 0) is 16.5 Å². The van der Waals surface area contributed by atoms with Crippen LogP contribution in [0.25, 0.3) is 0 Å². The van der Waals surface area contributed by atoms with Crippen LogP contribution in [0.4, 0.5) is 0 Å².